The second-order valence-electron chi connectivity index (χ2n) is 5.94. The lowest BCUT2D eigenvalue weighted by atomic mass is 10.1. The number of ether oxygens (including phenoxy) is 4. The van der Waals surface area contributed by atoms with Crippen molar-refractivity contribution in [3.8, 4) is 5.75 Å². The van der Waals surface area contributed by atoms with Crippen LogP contribution in [0, 0.1) is 11.6 Å². The van der Waals surface area contributed by atoms with Crippen molar-refractivity contribution in [1.82, 2.24) is 0 Å². The summed E-state index contributed by atoms with van der Waals surface area (Å²) in [6.45, 7) is 3.44. The van der Waals surface area contributed by atoms with Crippen LogP contribution in [-0.2, 0) is 14.2 Å². The molecule has 2 saturated heterocycles. The third-order valence-corrected chi connectivity index (χ3v) is 3.60. The molecule has 0 spiro atoms. The minimum atomic E-state index is -0.952. The Morgan fingerprint density at radius 1 is 1.27 bits per heavy atom. The van der Waals surface area contributed by atoms with Crippen LogP contribution in [0.15, 0.2) is 18.2 Å². The molecule has 0 amide bonds. The predicted octanol–water partition coefficient (Wildman–Crippen LogP) is 1.97. The summed E-state index contributed by atoms with van der Waals surface area (Å²) in [5.74, 6) is -2.15. The Morgan fingerprint density at radius 3 is 2.59 bits per heavy atom. The highest BCUT2D eigenvalue weighted by molar-refractivity contribution is 5.23. The first kappa shape index (κ1) is 15.6. The molecular formula is C15H18F2O5. The van der Waals surface area contributed by atoms with Crippen LogP contribution >= 0.6 is 0 Å². The van der Waals surface area contributed by atoms with E-state index in [9.17, 15) is 13.9 Å². The third kappa shape index (κ3) is 3.38. The van der Waals surface area contributed by atoms with Gasteiger partial charge in [-0.15, -0.1) is 0 Å². The summed E-state index contributed by atoms with van der Waals surface area (Å²) < 4.78 is 48.1. The Hall–Kier alpha value is -1.28. The lowest BCUT2D eigenvalue weighted by molar-refractivity contribution is -0.215. The molecule has 2 aliphatic rings. The smallest absolute Gasteiger partial charge is 0.187 e. The molecule has 7 heteroatoms. The molecule has 0 saturated carbocycles. The highest BCUT2D eigenvalue weighted by Gasteiger charge is 2.50. The fourth-order valence-corrected chi connectivity index (χ4v) is 2.68. The first-order chi connectivity index (χ1) is 10.3. The van der Waals surface area contributed by atoms with Gasteiger partial charge < -0.3 is 24.1 Å². The third-order valence-electron chi connectivity index (χ3n) is 3.60. The van der Waals surface area contributed by atoms with Gasteiger partial charge in [-0.25, -0.2) is 8.78 Å². The van der Waals surface area contributed by atoms with Gasteiger partial charge >= 0.3 is 0 Å². The van der Waals surface area contributed by atoms with E-state index in [-0.39, 0.29) is 18.5 Å². The SMILES string of the molecule is CC1(C)OC2CC(C(O)COc3cc(F)cc(F)c3)OC2O1. The van der Waals surface area contributed by atoms with Crippen molar-refractivity contribution < 1.29 is 32.8 Å². The Labute approximate surface area is 126 Å². The number of rotatable bonds is 4. The molecular weight excluding hydrogens is 298 g/mol. The van der Waals surface area contributed by atoms with Gasteiger partial charge in [0.15, 0.2) is 12.1 Å². The Balaban J connectivity index is 1.52. The van der Waals surface area contributed by atoms with E-state index in [0.717, 1.165) is 18.2 Å². The van der Waals surface area contributed by atoms with Gasteiger partial charge in [-0.05, 0) is 13.8 Å². The molecule has 3 rings (SSSR count). The van der Waals surface area contributed by atoms with Crippen molar-refractivity contribution in [2.24, 2.45) is 0 Å². The van der Waals surface area contributed by atoms with Crippen molar-refractivity contribution in [3.63, 3.8) is 0 Å². The zero-order valence-corrected chi connectivity index (χ0v) is 12.3. The Bertz CT molecular complexity index is 514. The number of aliphatic hydroxyl groups is 1. The van der Waals surface area contributed by atoms with Crippen LogP contribution in [0.2, 0.25) is 0 Å². The van der Waals surface area contributed by atoms with Gasteiger partial charge in [0.25, 0.3) is 0 Å². The van der Waals surface area contributed by atoms with Gasteiger partial charge in [0.1, 0.15) is 36.2 Å². The molecule has 0 aliphatic carbocycles. The maximum atomic E-state index is 13.0. The molecule has 4 unspecified atom stereocenters. The van der Waals surface area contributed by atoms with Gasteiger partial charge in [-0.2, -0.15) is 0 Å². The fraction of sp³-hybridized carbons (Fsp3) is 0.600. The van der Waals surface area contributed by atoms with Gasteiger partial charge in [0.05, 0.1) is 6.10 Å². The monoisotopic (exact) mass is 316 g/mol. The van der Waals surface area contributed by atoms with Crippen LogP contribution in [0.5, 0.6) is 5.75 Å². The minimum Gasteiger partial charge on any atom is -0.491 e. The summed E-state index contributed by atoms with van der Waals surface area (Å²) in [6, 6.07) is 2.85. The van der Waals surface area contributed by atoms with E-state index < -0.39 is 35.9 Å². The normalized spacial score (nSPS) is 31.0. The first-order valence-corrected chi connectivity index (χ1v) is 7.10. The molecule has 1 N–H and O–H groups in total. The van der Waals surface area contributed by atoms with E-state index >= 15 is 0 Å². The zero-order valence-electron chi connectivity index (χ0n) is 12.3. The summed E-state index contributed by atoms with van der Waals surface area (Å²) in [4.78, 5) is 0. The second kappa shape index (κ2) is 5.73. The molecule has 22 heavy (non-hydrogen) atoms. The number of halogens is 2. The highest BCUT2D eigenvalue weighted by Crippen LogP contribution is 2.37. The lowest BCUT2D eigenvalue weighted by Gasteiger charge is -2.23. The number of aliphatic hydroxyl groups excluding tert-OH is 1. The van der Waals surface area contributed by atoms with Crippen molar-refractivity contribution in [3.05, 3.63) is 29.8 Å². The lowest BCUT2D eigenvalue weighted by Crippen LogP contribution is -2.34. The Kier molecular flexibility index (Phi) is 4.07. The molecule has 2 heterocycles. The summed E-state index contributed by atoms with van der Waals surface area (Å²) >= 11 is 0. The summed E-state index contributed by atoms with van der Waals surface area (Å²) in [7, 11) is 0. The van der Waals surface area contributed by atoms with Crippen LogP contribution in [0.1, 0.15) is 20.3 Å². The van der Waals surface area contributed by atoms with E-state index in [2.05, 4.69) is 0 Å². The number of hydrogen-bond acceptors (Lipinski definition) is 5. The fourth-order valence-electron chi connectivity index (χ4n) is 2.68. The van der Waals surface area contributed by atoms with Crippen molar-refractivity contribution in [2.45, 2.75) is 50.7 Å². The van der Waals surface area contributed by atoms with E-state index in [1.807, 2.05) is 0 Å². The van der Waals surface area contributed by atoms with Crippen LogP contribution in [0.25, 0.3) is 0 Å². The molecule has 2 aliphatic heterocycles. The van der Waals surface area contributed by atoms with E-state index in [4.69, 9.17) is 18.9 Å². The van der Waals surface area contributed by atoms with Crippen molar-refractivity contribution in [1.29, 1.82) is 0 Å². The van der Waals surface area contributed by atoms with E-state index in [0.29, 0.717) is 6.42 Å². The maximum Gasteiger partial charge on any atom is 0.187 e. The van der Waals surface area contributed by atoms with Crippen LogP contribution in [0.4, 0.5) is 8.78 Å². The topological polar surface area (TPSA) is 57.2 Å². The molecule has 2 fully saturated rings. The first-order valence-electron chi connectivity index (χ1n) is 7.10. The molecule has 0 radical (unpaired) electrons. The largest absolute Gasteiger partial charge is 0.491 e. The molecule has 1 aromatic rings. The molecule has 4 atom stereocenters. The summed E-state index contributed by atoms with van der Waals surface area (Å²) in [5.41, 5.74) is 0. The zero-order chi connectivity index (χ0) is 15.9. The molecule has 0 aromatic heterocycles. The number of benzene rings is 1. The molecule has 0 bridgehead atoms. The summed E-state index contributed by atoms with van der Waals surface area (Å²) in [5, 5.41) is 10.1. The van der Waals surface area contributed by atoms with E-state index in [1.165, 1.54) is 0 Å². The second-order valence-corrected chi connectivity index (χ2v) is 5.94. The van der Waals surface area contributed by atoms with Crippen molar-refractivity contribution >= 4 is 0 Å². The molecule has 5 nitrogen and oxygen atoms in total. The van der Waals surface area contributed by atoms with Gasteiger partial charge in [-0.1, -0.05) is 0 Å². The van der Waals surface area contributed by atoms with Gasteiger partial charge in [0, 0.05) is 24.6 Å². The number of hydrogen-bond donors (Lipinski definition) is 1. The van der Waals surface area contributed by atoms with Gasteiger partial charge in [0.2, 0.25) is 0 Å². The average Bonchev–Trinajstić information content (AvgIpc) is 2.88. The average molecular weight is 316 g/mol. The molecule has 1 aromatic carbocycles. The van der Waals surface area contributed by atoms with Gasteiger partial charge in [-0.3, -0.25) is 0 Å². The van der Waals surface area contributed by atoms with Crippen LogP contribution in [-0.4, -0.2) is 42.1 Å². The minimum absolute atomic E-state index is 0.0170. The predicted molar refractivity (Wildman–Crippen MR) is 71.2 cm³/mol. The Morgan fingerprint density at radius 2 is 1.95 bits per heavy atom. The standard InChI is InChI=1S/C15H18F2O5/c1-15(2)21-13-6-12(20-14(13)22-15)11(18)7-19-10-4-8(16)3-9(17)5-10/h3-5,11-14,18H,6-7H2,1-2H3. The molecule has 122 valence electrons. The quantitative estimate of drug-likeness (QED) is 0.920. The highest BCUT2D eigenvalue weighted by atomic mass is 19.1. The maximum absolute atomic E-state index is 13.0. The number of fused-ring (bicyclic) bond motifs is 1. The summed E-state index contributed by atoms with van der Waals surface area (Å²) in [6.07, 6.45) is -1.74. The van der Waals surface area contributed by atoms with Crippen molar-refractivity contribution in [2.75, 3.05) is 6.61 Å². The van der Waals surface area contributed by atoms with E-state index in [1.54, 1.807) is 13.8 Å². The van der Waals surface area contributed by atoms with Crippen LogP contribution in [0.3, 0.4) is 0 Å². The van der Waals surface area contributed by atoms with Crippen LogP contribution < -0.4 is 4.74 Å².